The molecule has 2 unspecified atom stereocenters. The first-order valence-electron chi connectivity index (χ1n) is 6.16. The largest absolute Gasteiger partial charge is 0.312 e. The molecule has 1 aliphatic heterocycles. The van der Waals surface area contributed by atoms with E-state index in [9.17, 15) is 4.79 Å². The number of nitriles is 1. The number of amides is 1. The topological polar surface area (TPSA) is 56.1 Å². The van der Waals surface area contributed by atoms with E-state index < -0.39 is 0 Å². The standard InChI is InChI=1S/C13H17N3O/c1-2-11-6-7-12(8-14)16(11)13(17)9-15-10-4-3-5-10/h1,10-12,15H,3-7,9H2. The molecule has 0 aromatic heterocycles. The van der Waals surface area contributed by atoms with E-state index in [1.165, 1.54) is 6.42 Å². The second-order valence-corrected chi connectivity index (χ2v) is 4.71. The number of rotatable bonds is 3. The summed E-state index contributed by atoms with van der Waals surface area (Å²) in [4.78, 5) is 13.6. The molecule has 90 valence electrons. The van der Waals surface area contributed by atoms with Crippen LogP contribution in [-0.2, 0) is 4.79 Å². The maximum atomic E-state index is 12.0. The van der Waals surface area contributed by atoms with Crippen LogP contribution in [0.1, 0.15) is 32.1 Å². The highest BCUT2D eigenvalue weighted by molar-refractivity contribution is 5.80. The van der Waals surface area contributed by atoms with E-state index >= 15 is 0 Å². The summed E-state index contributed by atoms with van der Waals surface area (Å²) < 4.78 is 0. The number of carbonyl (C=O) groups is 1. The van der Waals surface area contributed by atoms with Crippen LogP contribution in [0.4, 0.5) is 0 Å². The predicted octanol–water partition coefficient (Wildman–Crippen LogP) is 0.645. The van der Waals surface area contributed by atoms with E-state index in [-0.39, 0.29) is 18.0 Å². The highest BCUT2D eigenvalue weighted by atomic mass is 16.2. The monoisotopic (exact) mass is 231 g/mol. The SMILES string of the molecule is C#CC1CCC(C#N)N1C(=O)CNC1CCC1. The fraction of sp³-hybridized carbons (Fsp3) is 0.692. The van der Waals surface area contributed by atoms with Crippen molar-refractivity contribution in [2.75, 3.05) is 6.54 Å². The Morgan fingerprint density at radius 2 is 2.06 bits per heavy atom. The van der Waals surface area contributed by atoms with Crippen molar-refractivity contribution >= 4 is 5.91 Å². The fourth-order valence-electron chi connectivity index (χ4n) is 2.38. The number of terminal acetylenes is 1. The van der Waals surface area contributed by atoms with Crippen LogP contribution in [0.5, 0.6) is 0 Å². The van der Waals surface area contributed by atoms with Crippen molar-refractivity contribution < 1.29 is 4.79 Å². The van der Waals surface area contributed by atoms with Gasteiger partial charge >= 0.3 is 0 Å². The lowest BCUT2D eigenvalue weighted by molar-refractivity contribution is -0.131. The first-order valence-corrected chi connectivity index (χ1v) is 6.16. The fourth-order valence-corrected chi connectivity index (χ4v) is 2.38. The second-order valence-electron chi connectivity index (χ2n) is 4.71. The van der Waals surface area contributed by atoms with Gasteiger partial charge in [0, 0.05) is 6.04 Å². The van der Waals surface area contributed by atoms with Gasteiger partial charge in [0.05, 0.1) is 18.7 Å². The van der Waals surface area contributed by atoms with Crippen LogP contribution in [0.15, 0.2) is 0 Å². The maximum absolute atomic E-state index is 12.0. The van der Waals surface area contributed by atoms with Gasteiger partial charge in [-0.15, -0.1) is 6.42 Å². The first kappa shape index (κ1) is 12.0. The normalized spacial score (nSPS) is 28.2. The molecule has 1 aliphatic carbocycles. The zero-order chi connectivity index (χ0) is 12.3. The van der Waals surface area contributed by atoms with Gasteiger partial charge in [0.2, 0.25) is 5.91 Å². The molecule has 2 rings (SSSR count). The quantitative estimate of drug-likeness (QED) is 0.725. The van der Waals surface area contributed by atoms with Gasteiger partial charge in [0.15, 0.2) is 0 Å². The van der Waals surface area contributed by atoms with Crippen LogP contribution in [0, 0.1) is 23.7 Å². The molecule has 0 bridgehead atoms. The number of hydrogen-bond donors (Lipinski definition) is 1. The molecule has 4 nitrogen and oxygen atoms in total. The zero-order valence-electron chi connectivity index (χ0n) is 9.85. The van der Waals surface area contributed by atoms with Gasteiger partial charge in [-0.2, -0.15) is 5.26 Å². The van der Waals surface area contributed by atoms with E-state index in [2.05, 4.69) is 17.3 Å². The Hall–Kier alpha value is -1.52. The van der Waals surface area contributed by atoms with Crippen molar-refractivity contribution in [1.29, 1.82) is 5.26 Å². The van der Waals surface area contributed by atoms with E-state index in [4.69, 9.17) is 11.7 Å². The molecule has 1 heterocycles. The molecular formula is C13H17N3O. The number of carbonyl (C=O) groups excluding carboxylic acids is 1. The van der Waals surface area contributed by atoms with Crippen LogP contribution in [0.2, 0.25) is 0 Å². The molecule has 2 atom stereocenters. The van der Waals surface area contributed by atoms with Crippen LogP contribution in [0.25, 0.3) is 0 Å². The molecule has 1 saturated heterocycles. The molecule has 0 aromatic rings. The third kappa shape index (κ3) is 2.43. The average molecular weight is 231 g/mol. The lowest BCUT2D eigenvalue weighted by atomic mass is 9.93. The minimum absolute atomic E-state index is 0.0381. The molecule has 0 radical (unpaired) electrons. The highest BCUT2D eigenvalue weighted by Crippen LogP contribution is 2.23. The van der Waals surface area contributed by atoms with Crippen LogP contribution in [0.3, 0.4) is 0 Å². The lowest BCUT2D eigenvalue weighted by Gasteiger charge is -2.29. The summed E-state index contributed by atoms with van der Waals surface area (Å²) in [7, 11) is 0. The molecule has 1 N–H and O–H groups in total. The lowest BCUT2D eigenvalue weighted by Crippen LogP contribution is -2.47. The van der Waals surface area contributed by atoms with Gasteiger partial charge in [-0.25, -0.2) is 0 Å². The first-order chi connectivity index (χ1) is 8.26. The average Bonchev–Trinajstić information content (AvgIpc) is 2.69. The molecule has 2 fully saturated rings. The Balaban J connectivity index is 1.91. The molecule has 17 heavy (non-hydrogen) atoms. The highest BCUT2D eigenvalue weighted by Gasteiger charge is 2.35. The number of nitrogens with zero attached hydrogens (tertiary/aromatic N) is 2. The summed E-state index contributed by atoms with van der Waals surface area (Å²) in [5.41, 5.74) is 0. The molecule has 4 heteroatoms. The summed E-state index contributed by atoms with van der Waals surface area (Å²) in [6.07, 6.45) is 10.4. The van der Waals surface area contributed by atoms with Crippen molar-refractivity contribution in [3.05, 3.63) is 0 Å². The summed E-state index contributed by atoms with van der Waals surface area (Å²) >= 11 is 0. The maximum Gasteiger partial charge on any atom is 0.238 e. The molecule has 0 aromatic carbocycles. The van der Waals surface area contributed by atoms with Gasteiger partial charge in [0.1, 0.15) is 6.04 Å². The summed E-state index contributed by atoms with van der Waals surface area (Å²) in [5.74, 6) is 2.56. The van der Waals surface area contributed by atoms with Crippen LogP contribution < -0.4 is 5.32 Å². The molecule has 1 saturated carbocycles. The minimum Gasteiger partial charge on any atom is -0.312 e. The van der Waals surface area contributed by atoms with E-state index in [1.807, 2.05) is 0 Å². The van der Waals surface area contributed by atoms with Gasteiger partial charge < -0.3 is 10.2 Å². The van der Waals surface area contributed by atoms with Crippen molar-refractivity contribution in [2.45, 2.75) is 50.2 Å². The Kier molecular flexibility index (Phi) is 3.66. The van der Waals surface area contributed by atoms with Crippen molar-refractivity contribution in [1.82, 2.24) is 10.2 Å². The Labute approximate surface area is 102 Å². The zero-order valence-corrected chi connectivity index (χ0v) is 9.85. The smallest absolute Gasteiger partial charge is 0.238 e. The summed E-state index contributed by atoms with van der Waals surface area (Å²) in [6.45, 7) is 0.307. The second kappa shape index (κ2) is 5.21. The molecular weight excluding hydrogens is 214 g/mol. The van der Waals surface area contributed by atoms with Crippen molar-refractivity contribution in [2.24, 2.45) is 0 Å². The van der Waals surface area contributed by atoms with Gasteiger partial charge in [-0.3, -0.25) is 4.79 Å². The third-order valence-electron chi connectivity index (χ3n) is 3.66. The van der Waals surface area contributed by atoms with Crippen molar-refractivity contribution in [3.63, 3.8) is 0 Å². The summed E-state index contributed by atoms with van der Waals surface area (Å²) in [6, 6.07) is 2.09. The Morgan fingerprint density at radius 3 is 2.59 bits per heavy atom. The van der Waals surface area contributed by atoms with Gasteiger partial charge in [0.25, 0.3) is 0 Å². The van der Waals surface area contributed by atoms with Crippen LogP contribution >= 0.6 is 0 Å². The van der Waals surface area contributed by atoms with E-state index in [0.717, 1.165) is 19.3 Å². The molecule has 0 spiro atoms. The van der Waals surface area contributed by atoms with Crippen LogP contribution in [-0.4, -0.2) is 35.5 Å². The number of likely N-dealkylation sites (tertiary alicyclic amines) is 1. The Morgan fingerprint density at radius 1 is 1.35 bits per heavy atom. The van der Waals surface area contributed by atoms with E-state index in [1.54, 1.807) is 4.90 Å². The number of hydrogen-bond acceptors (Lipinski definition) is 3. The molecule has 1 amide bonds. The number of nitrogens with one attached hydrogen (secondary N) is 1. The Bertz CT molecular complexity index is 353. The summed E-state index contributed by atoms with van der Waals surface area (Å²) in [5, 5.41) is 12.2. The van der Waals surface area contributed by atoms with Gasteiger partial charge in [-0.05, 0) is 25.7 Å². The van der Waals surface area contributed by atoms with Gasteiger partial charge in [-0.1, -0.05) is 12.3 Å². The molecule has 2 aliphatic rings. The van der Waals surface area contributed by atoms with E-state index in [0.29, 0.717) is 19.0 Å². The third-order valence-corrected chi connectivity index (χ3v) is 3.66. The van der Waals surface area contributed by atoms with Crippen molar-refractivity contribution in [3.8, 4) is 18.4 Å². The minimum atomic E-state index is -0.341. The predicted molar refractivity (Wildman–Crippen MR) is 63.7 cm³/mol.